The smallest absolute Gasteiger partial charge is 0.260 e. The number of nitrogens with one attached hydrogen (secondary N) is 1. The molecular weight excluding hydrogens is 292 g/mol. The van der Waals surface area contributed by atoms with Crippen molar-refractivity contribution in [2.24, 2.45) is 0 Å². The van der Waals surface area contributed by atoms with Crippen molar-refractivity contribution in [2.45, 2.75) is 6.92 Å². The van der Waals surface area contributed by atoms with E-state index in [9.17, 15) is 14.7 Å². The van der Waals surface area contributed by atoms with Crippen LogP contribution in [0.15, 0.2) is 53.5 Å². The number of benzene rings is 1. The van der Waals surface area contributed by atoms with Crippen molar-refractivity contribution in [3.63, 3.8) is 0 Å². The summed E-state index contributed by atoms with van der Waals surface area (Å²) in [7, 11) is 0. The molecule has 0 aliphatic carbocycles. The number of allylic oxidation sites excluding steroid dienone is 1. The van der Waals surface area contributed by atoms with Gasteiger partial charge in [0.25, 0.3) is 5.56 Å². The van der Waals surface area contributed by atoms with Crippen molar-refractivity contribution in [2.75, 3.05) is 0 Å². The van der Waals surface area contributed by atoms with Gasteiger partial charge in [0.15, 0.2) is 5.78 Å². The number of aromatic amines is 1. The summed E-state index contributed by atoms with van der Waals surface area (Å²) in [6.45, 7) is 1.94. The Labute approximate surface area is 131 Å². The third kappa shape index (κ3) is 2.89. The Morgan fingerprint density at radius 1 is 1.22 bits per heavy atom. The summed E-state index contributed by atoms with van der Waals surface area (Å²) >= 11 is 0. The highest BCUT2D eigenvalue weighted by atomic mass is 16.3. The Morgan fingerprint density at radius 2 is 1.96 bits per heavy atom. The van der Waals surface area contributed by atoms with Gasteiger partial charge in [0.2, 0.25) is 0 Å². The molecule has 2 heterocycles. The summed E-state index contributed by atoms with van der Waals surface area (Å²) in [6, 6.07) is 10.4. The highest BCUT2D eigenvalue weighted by Gasteiger charge is 2.10. The molecule has 0 saturated carbocycles. The van der Waals surface area contributed by atoms with Crippen LogP contribution in [-0.4, -0.2) is 20.9 Å². The Bertz CT molecular complexity index is 970. The average Bonchev–Trinajstić information content (AvgIpc) is 2.55. The number of ketones is 1. The lowest BCUT2D eigenvalue weighted by Gasteiger charge is -2.03. The minimum Gasteiger partial charge on any atom is -0.506 e. The summed E-state index contributed by atoms with van der Waals surface area (Å²) in [6.07, 6.45) is 4.12. The molecule has 0 aliphatic rings. The van der Waals surface area contributed by atoms with E-state index in [2.05, 4.69) is 9.97 Å². The lowest BCUT2D eigenvalue weighted by molar-refractivity contribution is 0.104. The zero-order valence-electron chi connectivity index (χ0n) is 12.4. The second-order valence-corrected chi connectivity index (χ2v) is 5.18. The number of nitrogens with zero attached hydrogens (tertiary/aromatic N) is 1. The number of pyridine rings is 2. The minimum absolute atomic E-state index is 0.0333. The first-order valence-electron chi connectivity index (χ1n) is 7.05. The van der Waals surface area contributed by atoms with Crippen molar-refractivity contribution in [1.82, 2.24) is 9.97 Å². The number of aromatic nitrogens is 2. The summed E-state index contributed by atoms with van der Waals surface area (Å²) in [5, 5.41) is 10.7. The van der Waals surface area contributed by atoms with Crippen molar-refractivity contribution in [1.29, 1.82) is 0 Å². The van der Waals surface area contributed by atoms with Gasteiger partial charge in [-0.1, -0.05) is 29.8 Å². The summed E-state index contributed by atoms with van der Waals surface area (Å²) in [5.74, 6) is -0.431. The lowest BCUT2D eigenvalue weighted by atomic mass is 10.1. The second kappa shape index (κ2) is 5.88. The maximum absolute atomic E-state index is 12.1. The average molecular weight is 306 g/mol. The van der Waals surface area contributed by atoms with E-state index >= 15 is 0 Å². The van der Waals surface area contributed by atoms with E-state index in [4.69, 9.17) is 0 Å². The van der Waals surface area contributed by atoms with Crippen LogP contribution >= 0.6 is 0 Å². The number of carbonyl (C=O) groups is 1. The molecule has 0 atom stereocenters. The van der Waals surface area contributed by atoms with E-state index in [0.717, 1.165) is 5.56 Å². The molecule has 0 spiro atoms. The van der Waals surface area contributed by atoms with E-state index in [1.807, 2.05) is 19.1 Å². The summed E-state index contributed by atoms with van der Waals surface area (Å²) in [4.78, 5) is 30.7. The van der Waals surface area contributed by atoms with Crippen LogP contribution < -0.4 is 5.56 Å². The number of fused-ring (bicyclic) bond motifs is 1. The first kappa shape index (κ1) is 14.7. The molecule has 1 aromatic carbocycles. The highest BCUT2D eigenvalue weighted by molar-refractivity contribution is 6.07. The molecule has 5 nitrogen and oxygen atoms in total. The molecular formula is C18H14N2O3. The van der Waals surface area contributed by atoms with Crippen LogP contribution in [0.1, 0.15) is 21.5 Å². The quantitative estimate of drug-likeness (QED) is 0.576. The van der Waals surface area contributed by atoms with Gasteiger partial charge in [-0.15, -0.1) is 0 Å². The van der Waals surface area contributed by atoms with Gasteiger partial charge >= 0.3 is 0 Å². The molecule has 5 heteroatoms. The molecule has 0 aliphatic heterocycles. The minimum atomic E-state index is -0.498. The molecule has 0 amide bonds. The molecule has 2 N–H and O–H groups in total. The Morgan fingerprint density at radius 3 is 2.70 bits per heavy atom. The van der Waals surface area contributed by atoms with Crippen LogP contribution in [-0.2, 0) is 0 Å². The number of H-pyrrole nitrogens is 1. The largest absolute Gasteiger partial charge is 0.506 e. The number of aryl methyl sites for hydroxylation is 1. The normalized spacial score (nSPS) is 11.2. The molecule has 0 radical (unpaired) electrons. The standard InChI is InChI=1S/C18H14N2O3/c1-11-4-6-12(7-5-11)15(21)9-8-14-16(22)13-3-2-10-19-17(13)20-18(14)23/h2-10H,1H3,(H2,19,20,22,23)/b9-8+. The van der Waals surface area contributed by atoms with Gasteiger partial charge in [-0.25, -0.2) is 4.98 Å². The fourth-order valence-electron chi connectivity index (χ4n) is 2.25. The summed E-state index contributed by atoms with van der Waals surface area (Å²) in [5.41, 5.74) is 1.41. The number of hydrogen-bond acceptors (Lipinski definition) is 4. The number of rotatable bonds is 3. The molecule has 23 heavy (non-hydrogen) atoms. The SMILES string of the molecule is Cc1ccc(C(=O)/C=C/c2c(O)c3cccnc3[nH]c2=O)cc1. The topological polar surface area (TPSA) is 83.0 Å². The Balaban J connectivity index is 1.99. The number of carbonyl (C=O) groups excluding carboxylic acids is 1. The zero-order chi connectivity index (χ0) is 16.4. The first-order chi connectivity index (χ1) is 11.1. The number of aromatic hydroxyl groups is 1. The van der Waals surface area contributed by atoms with Crippen LogP contribution in [0, 0.1) is 6.92 Å². The summed E-state index contributed by atoms with van der Waals surface area (Å²) < 4.78 is 0. The van der Waals surface area contributed by atoms with Crippen LogP contribution in [0.25, 0.3) is 17.1 Å². The van der Waals surface area contributed by atoms with Crippen LogP contribution in [0.3, 0.4) is 0 Å². The van der Waals surface area contributed by atoms with Crippen molar-refractivity contribution in [3.8, 4) is 5.75 Å². The maximum atomic E-state index is 12.1. The third-order valence-corrected chi connectivity index (χ3v) is 3.53. The van der Waals surface area contributed by atoms with Gasteiger partial charge in [-0.05, 0) is 31.2 Å². The predicted octanol–water partition coefficient (Wildman–Crippen LogP) is 2.83. The number of hydrogen-bond donors (Lipinski definition) is 2. The van der Waals surface area contributed by atoms with E-state index in [1.54, 1.807) is 24.3 Å². The van der Waals surface area contributed by atoms with Gasteiger partial charge in [0.05, 0.1) is 10.9 Å². The van der Waals surface area contributed by atoms with Gasteiger partial charge in [0, 0.05) is 11.8 Å². The molecule has 0 bridgehead atoms. The fourth-order valence-corrected chi connectivity index (χ4v) is 2.25. The van der Waals surface area contributed by atoms with Gasteiger partial charge < -0.3 is 10.1 Å². The molecule has 3 aromatic rings. The molecule has 3 rings (SSSR count). The third-order valence-electron chi connectivity index (χ3n) is 3.53. The lowest BCUT2D eigenvalue weighted by Crippen LogP contribution is -2.10. The Kier molecular flexibility index (Phi) is 3.76. The maximum Gasteiger partial charge on any atom is 0.260 e. The molecule has 114 valence electrons. The molecule has 2 aromatic heterocycles. The van der Waals surface area contributed by atoms with Gasteiger partial charge in [-0.2, -0.15) is 0 Å². The predicted molar refractivity (Wildman–Crippen MR) is 88.6 cm³/mol. The van der Waals surface area contributed by atoms with E-state index in [0.29, 0.717) is 16.6 Å². The molecule has 0 unspecified atom stereocenters. The fraction of sp³-hybridized carbons (Fsp3) is 0.0556. The van der Waals surface area contributed by atoms with Crippen LogP contribution in [0.2, 0.25) is 0 Å². The monoisotopic (exact) mass is 306 g/mol. The van der Waals surface area contributed by atoms with Crippen molar-refractivity contribution in [3.05, 3.63) is 75.7 Å². The van der Waals surface area contributed by atoms with Crippen molar-refractivity contribution < 1.29 is 9.90 Å². The van der Waals surface area contributed by atoms with E-state index in [1.165, 1.54) is 18.3 Å². The van der Waals surface area contributed by atoms with Crippen LogP contribution in [0.4, 0.5) is 0 Å². The molecule has 0 saturated heterocycles. The zero-order valence-corrected chi connectivity index (χ0v) is 12.4. The van der Waals surface area contributed by atoms with E-state index in [-0.39, 0.29) is 17.1 Å². The van der Waals surface area contributed by atoms with E-state index < -0.39 is 5.56 Å². The van der Waals surface area contributed by atoms with Crippen molar-refractivity contribution >= 4 is 22.9 Å². The second-order valence-electron chi connectivity index (χ2n) is 5.18. The van der Waals surface area contributed by atoms with Crippen LogP contribution in [0.5, 0.6) is 5.75 Å². The first-order valence-corrected chi connectivity index (χ1v) is 7.05. The Hall–Kier alpha value is -3.21. The molecule has 0 fully saturated rings. The highest BCUT2D eigenvalue weighted by Crippen LogP contribution is 2.24. The van der Waals surface area contributed by atoms with Gasteiger partial charge in [0.1, 0.15) is 11.4 Å². The van der Waals surface area contributed by atoms with Gasteiger partial charge in [-0.3, -0.25) is 9.59 Å².